The lowest BCUT2D eigenvalue weighted by Gasteiger charge is -2.37. The summed E-state index contributed by atoms with van der Waals surface area (Å²) in [7, 11) is 2.09. The average molecular weight is 363 g/mol. The summed E-state index contributed by atoms with van der Waals surface area (Å²) in [5.41, 5.74) is 1.32. The summed E-state index contributed by atoms with van der Waals surface area (Å²) >= 11 is 0. The molecule has 0 bridgehead atoms. The molecule has 27 heavy (non-hydrogen) atoms. The number of nitrogens with zero attached hydrogens (tertiary/aromatic N) is 5. The van der Waals surface area contributed by atoms with Crippen LogP contribution in [-0.2, 0) is 0 Å². The number of rotatable bonds is 3. The molecular formula is C20H21N5O2. The van der Waals surface area contributed by atoms with Crippen LogP contribution in [0.1, 0.15) is 47.0 Å². The summed E-state index contributed by atoms with van der Waals surface area (Å²) in [5.74, 6) is 1.50. The minimum absolute atomic E-state index is 0.0451. The molecule has 0 N–H and O–H groups in total. The Labute approximate surface area is 157 Å². The molecule has 7 heteroatoms. The molecule has 0 aliphatic carbocycles. The Morgan fingerprint density at radius 1 is 1.15 bits per heavy atom. The van der Waals surface area contributed by atoms with Crippen molar-refractivity contribution in [2.24, 2.45) is 0 Å². The van der Waals surface area contributed by atoms with E-state index in [0.717, 1.165) is 30.3 Å². The number of carbonyl (C=O) groups is 1. The molecule has 1 unspecified atom stereocenters. The molecule has 7 nitrogen and oxygen atoms in total. The first-order chi connectivity index (χ1) is 13.2. The third-order valence-corrected chi connectivity index (χ3v) is 5.61. The van der Waals surface area contributed by atoms with Gasteiger partial charge in [-0.15, -0.1) is 0 Å². The maximum Gasteiger partial charge on any atom is 0.272 e. The van der Waals surface area contributed by atoms with Gasteiger partial charge in [0.1, 0.15) is 5.69 Å². The zero-order valence-corrected chi connectivity index (χ0v) is 15.2. The van der Waals surface area contributed by atoms with E-state index < -0.39 is 0 Å². The summed E-state index contributed by atoms with van der Waals surface area (Å²) < 4.78 is 5.49. The molecule has 2 aliphatic rings. The van der Waals surface area contributed by atoms with Crippen molar-refractivity contribution >= 4 is 16.8 Å². The lowest BCUT2D eigenvalue weighted by Crippen LogP contribution is -2.49. The third kappa shape index (κ3) is 2.88. The maximum absolute atomic E-state index is 12.7. The van der Waals surface area contributed by atoms with E-state index in [4.69, 9.17) is 4.52 Å². The molecule has 2 aromatic heterocycles. The van der Waals surface area contributed by atoms with E-state index in [0.29, 0.717) is 30.5 Å². The quantitative estimate of drug-likeness (QED) is 0.712. The molecule has 1 atom stereocenters. The van der Waals surface area contributed by atoms with Crippen molar-refractivity contribution in [3.8, 4) is 0 Å². The number of hydrogen-bond acceptors (Lipinski definition) is 6. The molecule has 1 amide bonds. The molecule has 1 aromatic carbocycles. The first-order valence-corrected chi connectivity index (χ1v) is 9.38. The highest BCUT2D eigenvalue weighted by atomic mass is 16.5. The van der Waals surface area contributed by atoms with Crippen molar-refractivity contribution in [1.29, 1.82) is 0 Å². The molecule has 4 heterocycles. The van der Waals surface area contributed by atoms with E-state index in [1.165, 1.54) is 0 Å². The summed E-state index contributed by atoms with van der Waals surface area (Å²) in [5, 5.41) is 5.19. The van der Waals surface area contributed by atoms with Gasteiger partial charge in [-0.25, -0.2) is 4.98 Å². The number of carbonyl (C=O) groups excluding carboxylic acids is 1. The Morgan fingerprint density at radius 3 is 2.81 bits per heavy atom. The van der Waals surface area contributed by atoms with Crippen molar-refractivity contribution in [3.63, 3.8) is 0 Å². The highest BCUT2D eigenvalue weighted by Gasteiger charge is 2.37. The third-order valence-electron chi connectivity index (χ3n) is 5.61. The second-order valence-electron chi connectivity index (χ2n) is 7.43. The Balaban J connectivity index is 1.26. The van der Waals surface area contributed by atoms with E-state index in [-0.39, 0.29) is 17.9 Å². The first-order valence-electron chi connectivity index (χ1n) is 9.38. The van der Waals surface area contributed by atoms with Gasteiger partial charge in [0, 0.05) is 18.5 Å². The highest BCUT2D eigenvalue weighted by molar-refractivity contribution is 5.95. The number of benzene rings is 1. The topological polar surface area (TPSA) is 75.4 Å². The summed E-state index contributed by atoms with van der Waals surface area (Å²) in [6.45, 7) is 2.27. The van der Waals surface area contributed by atoms with Crippen LogP contribution in [0.2, 0.25) is 0 Å². The molecule has 2 fully saturated rings. The second-order valence-corrected chi connectivity index (χ2v) is 7.43. The summed E-state index contributed by atoms with van der Waals surface area (Å²) in [6.07, 6.45) is 2.21. The number of amides is 1. The Kier molecular flexibility index (Phi) is 3.89. The van der Waals surface area contributed by atoms with Crippen LogP contribution in [0.25, 0.3) is 10.9 Å². The monoisotopic (exact) mass is 363 g/mol. The van der Waals surface area contributed by atoms with Crippen LogP contribution in [0.4, 0.5) is 0 Å². The van der Waals surface area contributed by atoms with Gasteiger partial charge in [-0.3, -0.25) is 9.69 Å². The van der Waals surface area contributed by atoms with E-state index >= 15 is 0 Å². The molecule has 5 rings (SSSR count). The molecule has 0 saturated carbocycles. The summed E-state index contributed by atoms with van der Waals surface area (Å²) in [4.78, 5) is 25.8. The fourth-order valence-electron chi connectivity index (χ4n) is 3.93. The normalized spacial score (nSPS) is 20.9. The summed E-state index contributed by atoms with van der Waals surface area (Å²) in [6, 6.07) is 11.8. The lowest BCUT2D eigenvalue weighted by atomic mass is 9.99. The molecule has 0 radical (unpaired) electrons. The minimum atomic E-state index is -0.0451. The van der Waals surface area contributed by atoms with Crippen LogP contribution < -0.4 is 0 Å². The number of pyridine rings is 1. The zero-order valence-electron chi connectivity index (χ0n) is 15.2. The Hall–Kier alpha value is -2.80. The van der Waals surface area contributed by atoms with Gasteiger partial charge in [-0.05, 0) is 38.6 Å². The van der Waals surface area contributed by atoms with Crippen molar-refractivity contribution in [2.75, 3.05) is 26.7 Å². The van der Waals surface area contributed by atoms with Gasteiger partial charge in [-0.1, -0.05) is 29.4 Å². The maximum atomic E-state index is 12.7. The number of aromatic nitrogens is 3. The number of fused-ring (bicyclic) bond motifs is 1. The van der Waals surface area contributed by atoms with E-state index in [2.05, 4.69) is 27.1 Å². The zero-order chi connectivity index (χ0) is 18.4. The van der Waals surface area contributed by atoms with Gasteiger partial charge >= 0.3 is 0 Å². The van der Waals surface area contributed by atoms with Gasteiger partial charge in [-0.2, -0.15) is 4.98 Å². The van der Waals surface area contributed by atoms with Gasteiger partial charge in [0.15, 0.2) is 5.82 Å². The fourth-order valence-corrected chi connectivity index (χ4v) is 3.93. The van der Waals surface area contributed by atoms with Crippen LogP contribution in [-0.4, -0.2) is 57.5 Å². The van der Waals surface area contributed by atoms with Gasteiger partial charge < -0.3 is 9.42 Å². The van der Waals surface area contributed by atoms with Crippen LogP contribution in [0.3, 0.4) is 0 Å². The number of hydrogen-bond donors (Lipinski definition) is 0. The lowest BCUT2D eigenvalue weighted by molar-refractivity contribution is 0.0586. The standard InChI is InChI=1S/C20H21N5O2/c1-24-10-4-7-17(24)19-22-18(23-27-19)14-11-25(12-14)20(26)16-9-8-13-5-2-3-6-15(13)21-16/h2-3,5-6,8-9,14,17H,4,7,10-12H2,1H3. The van der Waals surface area contributed by atoms with E-state index in [9.17, 15) is 4.79 Å². The molecule has 2 saturated heterocycles. The van der Waals surface area contributed by atoms with Crippen LogP contribution >= 0.6 is 0 Å². The minimum Gasteiger partial charge on any atom is -0.338 e. The van der Waals surface area contributed by atoms with Crippen LogP contribution in [0.15, 0.2) is 40.9 Å². The van der Waals surface area contributed by atoms with Crippen LogP contribution in [0, 0.1) is 0 Å². The average Bonchev–Trinajstić information content (AvgIpc) is 3.29. The molecule has 0 spiro atoms. The Morgan fingerprint density at radius 2 is 2.00 bits per heavy atom. The molecule has 138 valence electrons. The predicted octanol–water partition coefficient (Wildman–Crippen LogP) is 2.62. The smallest absolute Gasteiger partial charge is 0.272 e. The van der Waals surface area contributed by atoms with Gasteiger partial charge in [0.2, 0.25) is 5.89 Å². The highest BCUT2D eigenvalue weighted by Crippen LogP contribution is 2.32. The van der Waals surface area contributed by atoms with E-state index in [1.54, 1.807) is 11.0 Å². The number of para-hydroxylation sites is 1. The largest absolute Gasteiger partial charge is 0.338 e. The second kappa shape index (κ2) is 6.42. The molecular weight excluding hydrogens is 342 g/mol. The molecule has 3 aromatic rings. The fraction of sp³-hybridized carbons (Fsp3) is 0.400. The van der Waals surface area contributed by atoms with Crippen molar-refractivity contribution in [2.45, 2.75) is 24.8 Å². The molecule has 2 aliphatic heterocycles. The van der Waals surface area contributed by atoms with Crippen molar-refractivity contribution in [3.05, 3.63) is 53.8 Å². The van der Waals surface area contributed by atoms with Crippen LogP contribution in [0.5, 0.6) is 0 Å². The SMILES string of the molecule is CN1CCCC1c1nc(C2CN(C(=O)c3ccc4ccccc4n3)C2)no1. The first kappa shape index (κ1) is 16.4. The Bertz CT molecular complexity index is 995. The van der Waals surface area contributed by atoms with E-state index in [1.807, 2.05) is 30.3 Å². The predicted molar refractivity (Wildman–Crippen MR) is 99.3 cm³/mol. The van der Waals surface area contributed by atoms with Gasteiger partial charge in [0.25, 0.3) is 5.91 Å². The van der Waals surface area contributed by atoms with Crippen molar-refractivity contribution in [1.82, 2.24) is 24.9 Å². The van der Waals surface area contributed by atoms with Crippen molar-refractivity contribution < 1.29 is 9.32 Å². The number of likely N-dealkylation sites (tertiary alicyclic amines) is 2. The van der Waals surface area contributed by atoms with Gasteiger partial charge in [0.05, 0.1) is 17.5 Å².